The van der Waals surface area contributed by atoms with Crippen molar-refractivity contribution in [2.45, 2.75) is 20.0 Å². The number of nitrogens with zero attached hydrogens (tertiary/aromatic N) is 4. The fourth-order valence-corrected chi connectivity index (χ4v) is 1.75. The smallest absolute Gasteiger partial charge is 0.137 e. The maximum Gasteiger partial charge on any atom is 0.137 e. The predicted molar refractivity (Wildman–Crippen MR) is 69.5 cm³/mol. The van der Waals surface area contributed by atoms with Gasteiger partial charge in [-0.3, -0.25) is 0 Å². The number of rotatable bonds is 4. The molecule has 90 valence electrons. The van der Waals surface area contributed by atoms with Crippen LogP contribution in [0.2, 0.25) is 0 Å². The molecular formula is C11H14BrN5. The third kappa shape index (κ3) is 3.03. The molecule has 6 heteroatoms. The van der Waals surface area contributed by atoms with E-state index in [4.69, 9.17) is 0 Å². The summed E-state index contributed by atoms with van der Waals surface area (Å²) in [5.41, 5.74) is 0. The van der Waals surface area contributed by atoms with Crippen molar-refractivity contribution in [3.63, 3.8) is 0 Å². The van der Waals surface area contributed by atoms with E-state index >= 15 is 0 Å². The van der Waals surface area contributed by atoms with Gasteiger partial charge < -0.3 is 5.32 Å². The Morgan fingerprint density at radius 1 is 1.35 bits per heavy atom. The van der Waals surface area contributed by atoms with Crippen LogP contribution in [0.3, 0.4) is 0 Å². The highest BCUT2D eigenvalue weighted by molar-refractivity contribution is 9.10. The van der Waals surface area contributed by atoms with Gasteiger partial charge in [0.25, 0.3) is 0 Å². The first-order chi connectivity index (χ1) is 8.16. The van der Waals surface area contributed by atoms with E-state index in [1.807, 2.05) is 12.1 Å². The first kappa shape index (κ1) is 12.0. The molecule has 2 heterocycles. The molecule has 1 atom stereocenters. The average Bonchev–Trinajstić information content (AvgIpc) is 2.81. The van der Waals surface area contributed by atoms with Gasteiger partial charge in [-0.25, -0.2) is 14.6 Å². The molecule has 2 aromatic heterocycles. The SMILES string of the molecule is CC(C)C(Nc1ccc(Br)cn1)n1cncn1. The van der Waals surface area contributed by atoms with Gasteiger partial charge in [-0.05, 0) is 34.0 Å². The Labute approximate surface area is 108 Å². The van der Waals surface area contributed by atoms with Crippen LogP contribution in [0.5, 0.6) is 0 Å². The van der Waals surface area contributed by atoms with Crippen molar-refractivity contribution >= 4 is 21.7 Å². The lowest BCUT2D eigenvalue weighted by Crippen LogP contribution is -2.24. The Bertz CT molecular complexity index is 451. The zero-order chi connectivity index (χ0) is 12.3. The van der Waals surface area contributed by atoms with Gasteiger partial charge in [0.1, 0.15) is 24.6 Å². The van der Waals surface area contributed by atoms with Crippen LogP contribution in [0.25, 0.3) is 0 Å². The summed E-state index contributed by atoms with van der Waals surface area (Å²) in [4.78, 5) is 8.26. The van der Waals surface area contributed by atoms with Crippen molar-refractivity contribution in [1.29, 1.82) is 0 Å². The number of pyridine rings is 1. The number of aromatic nitrogens is 4. The molecule has 0 spiro atoms. The number of halogens is 1. The summed E-state index contributed by atoms with van der Waals surface area (Å²) in [5.74, 6) is 1.20. The second-order valence-corrected chi connectivity index (χ2v) is 4.99. The van der Waals surface area contributed by atoms with Gasteiger partial charge in [0, 0.05) is 10.7 Å². The van der Waals surface area contributed by atoms with Gasteiger partial charge in [-0.2, -0.15) is 5.10 Å². The molecule has 0 aromatic carbocycles. The zero-order valence-electron chi connectivity index (χ0n) is 9.71. The summed E-state index contributed by atoms with van der Waals surface area (Å²) < 4.78 is 2.76. The highest BCUT2D eigenvalue weighted by Gasteiger charge is 2.15. The van der Waals surface area contributed by atoms with Crippen molar-refractivity contribution in [2.75, 3.05) is 5.32 Å². The molecule has 2 aromatic rings. The van der Waals surface area contributed by atoms with Crippen LogP contribution in [0, 0.1) is 5.92 Å². The van der Waals surface area contributed by atoms with Crippen molar-refractivity contribution in [3.05, 3.63) is 35.5 Å². The fraction of sp³-hybridized carbons (Fsp3) is 0.364. The summed E-state index contributed by atoms with van der Waals surface area (Å²) in [6.45, 7) is 4.25. The number of hydrogen-bond acceptors (Lipinski definition) is 4. The van der Waals surface area contributed by atoms with Crippen LogP contribution < -0.4 is 5.32 Å². The van der Waals surface area contributed by atoms with Crippen LogP contribution in [0.1, 0.15) is 20.0 Å². The Morgan fingerprint density at radius 3 is 2.71 bits per heavy atom. The molecule has 0 aliphatic heterocycles. The summed E-state index contributed by atoms with van der Waals surface area (Å²) in [6.07, 6.45) is 5.05. The fourth-order valence-electron chi connectivity index (χ4n) is 1.51. The van der Waals surface area contributed by atoms with Crippen LogP contribution in [-0.2, 0) is 0 Å². The molecule has 0 bridgehead atoms. The Hall–Kier alpha value is -1.43. The molecule has 2 rings (SSSR count). The van der Waals surface area contributed by atoms with Crippen LogP contribution in [-0.4, -0.2) is 19.7 Å². The lowest BCUT2D eigenvalue weighted by molar-refractivity contribution is 0.384. The van der Waals surface area contributed by atoms with Crippen LogP contribution >= 0.6 is 15.9 Å². The van der Waals surface area contributed by atoms with Crippen molar-refractivity contribution in [2.24, 2.45) is 5.92 Å². The molecule has 0 saturated heterocycles. The van der Waals surface area contributed by atoms with E-state index in [1.165, 1.54) is 6.33 Å². The molecule has 1 unspecified atom stereocenters. The van der Waals surface area contributed by atoms with Crippen molar-refractivity contribution in [1.82, 2.24) is 19.7 Å². The van der Waals surface area contributed by atoms with E-state index in [1.54, 1.807) is 17.2 Å². The monoisotopic (exact) mass is 295 g/mol. The maximum atomic E-state index is 4.29. The molecule has 0 aliphatic carbocycles. The molecule has 1 N–H and O–H groups in total. The average molecular weight is 296 g/mol. The van der Waals surface area contributed by atoms with Gasteiger partial charge in [0.15, 0.2) is 0 Å². The van der Waals surface area contributed by atoms with E-state index in [0.717, 1.165) is 10.3 Å². The minimum absolute atomic E-state index is 0.0474. The number of anilines is 1. The largest absolute Gasteiger partial charge is 0.348 e. The van der Waals surface area contributed by atoms with Crippen molar-refractivity contribution < 1.29 is 0 Å². The van der Waals surface area contributed by atoms with Gasteiger partial charge in [0.05, 0.1) is 0 Å². The molecule has 0 radical (unpaired) electrons. The van der Waals surface area contributed by atoms with Gasteiger partial charge >= 0.3 is 0 Å². The van der Waals surface area contributed by atoms with E-state index < -0.39 is 0 Å². The van der Waals surface area contributed by atoms with E-state index in [0.29, 0.717) is 5.92 Å². The standard InChI is InChI=1S/C11H14BrN5/c1-8(2)11(17-7-13-6-15-17)16-10-4-3-9(12)5-14-10/h3-8,11H,1-2H3,(H,14,16). The molecular weight excluding hydrogens is 282 g/mol. The summed E-state index contributed by atoms with van der Waals surface area (Å²) in [6, 6.07) is 3.88. The lowest BCUT2D eigenvalue weighted by atomic mass is 10.1. The highest BCUT2D eigenvalue weighted by atomic mass is 79.9. The second-order valence-electron chi connectivity index (χ2n) is 4.07. The lowest BCUT2D eigenvalue weighted by Gasteiger charge is -2.22. The molecule has 17 heavy (non-hydrogen) atoms. The number of hydrogen-bond donors (Lipinski definition) is 1. The second kappa shape index (κ2) is 5.27. The topological polar surface area (TPSA) is 55.6 Å². The first-order valence-corrected chi connectivity index (χ1v) is 6.18. The third-order valence-corrected chi connectivity index (χ3v) is 2.85. The number of nitrogens with one attached hydrogen (secondary N) is 1. The Kier molecular flexibility index (Phi) is 3.73. The van der Waals surface area contributed by atoms with Crippen molar-refractivity contribution in [3.8, 4) is 0 Å². The minimum Gasteiger partial charge on any atom is -0.348 e. The van der Waals surface area contributed by atoms with E-state index in [2.05, 4.69) is 50.2 Å². The first-order valence-electron chi connectivity index (χ1n) is 5.39. The maximum absolute atomic E-state index is 4.29. The van der Waals surface area contributed by atoms with Crippen LogP contribution in [0.15, 0.2) is 35.5 Å². The molecule has 0 amide bonds. The zero-order valence-corrected chi connectivity index (χ0v) is 11.3. The molecule has 0 fully saturated rings. The Balaban J connectivity index is 2.16. The minimum atomic E-state index is 0.0474. The molecule has 5 nitrogen and oxygen atoms in total. The van der Waals surface area contributed by atoms with E-state index in [9.17, 15) is 0 Å². The van der Waals surface area contributed by atoms with E-state index in [-0.39, 0.29) is 6.17 Å². The summed E-state index contributed by atoms with van der Waals surface area (Å²) in [7, 11) is 0. The summed E-state index contributed by atoms with van der Waals surface area (Å²) >= 11 is 3.36. The van der Waals surface area contributed by atoms with Gasteiger partial charge in [-0.1, -0.05) is 13.8 Å². The third-order valence-electron chi connectivity index (χ3n) is 2.38. The van der Waals surface area contributed by atoms with Gasteiger partial charge in [0.2, 0.25) is 0 Å². The van der Waals surface area contributed by atoms with Gasteiger partial charge in [-0.15, -0.1) is 0 Å². The Morgan fingerprint density at radius 2 is 2.18 bits per heavy atom. The molecule has 0 aliphatic rings. The normalized spacial score (nSPS) is 12.7. The van der Waals surface area contributed by atoms with Crippen LogP contribution in [0.4, 0.5) is 5.82 Å². The quantitative estimate of drug-likeness (QED) is 0.942. The molecule has 0 saturated carbocycles. The predicted octanol–water partition coefficient (Wildman–Crippen LogP) is 2.70. The summed E-state index contributed by atoms with van der Waals surface area (Å²) in [5, 5.41) is 7.49. The highest BCUT2D eigenvalue weighted by Crippen LogP contribution is 2.19.